The summed E-state index contributed by atoms with van der Waals surface area (Å²) in [5.41, 5.74) is 2.48. The maximum Gasteiger partial charge on any atom is 0.317 e. The van der Waals surface area contributed by atoms with Gasteiger partial charge in [0, 0.05) is 5.56 Å². The van der Waals surface area contributed by atoms with Gasteiger partial charge in [-0.05, 0) is 5.56 Å². The molecule has 1 aromatic carbocycles. The number of aromatic nitrogens is 4. The van der Waals surface area contributed by atoms with Gasteiger partial charge in [-0.25, -0.2) is 4.52 Å². The first-order valence-corrected chi connectivity index (χ1v) is 4.79. The minimum absolute atomic E-state index is 0.245. The standard InChI is InChI=1S/C11H8N4O/c16-11-12-7-15-10(14-11)9(6-13-15)8-4-2-1-3-5-8/h1-7H,(H,14,16). The maximum atomic E-state index is 9.26. The van der Waals surface area contributed by atoms with Crippen molar-refractivity contribution in [2.45, 2.75) is 0 Å². The molecular formula is C11H8N4O. The highest BCUT2D eigenvalue weighted by Gasteiger charge is 2.08. The fourth-order valence-electron chi connectivity index (χ4n) is 1.60. The number of nitrogens with zero attached hydrogens (tertiary/aromatic N) is 4. The van der Waals surface area contributed by atoms with E-state index in [0.29, 0.717) is 5.65 Å². The molecule has 0 saturated carbocycles. The fraction of sp³-hybridized carbons (Fsp3) is 0. The molecule has 3 rings (SSSR count). The first-order valence-electron chi connectivity index (χ1n) is 4.79. The van der Waals surface area contributed by atoms with Crippen molar-refractivity contribution < 1.29 is 5.11 Å². The minimum Gasteiger partial charge on any atom is -0.479 e. The van der Waals surface area contributed by atoms with Crippen molar-refractivity contribution in [3.8, 4) is 17.1 Å². The van der Waals surface area contributed by atoms with Crippen LogP contribution in [-0.4, -0.2) is 24.7 Å². The van der Waals surface area contributed by atoms with Crippen LogP contribution in [0.1, 0.15) is 0 Å². The van der Waals surface area contributed by atoms with Gasteiger partial charge < -0.3 is 5.11 Å². The SMILES string of the molecule is Oc1ncn2ncc(-c3ccccc3)c2n1. The van der Waals surface area contributed by atoms with Gasteiger partial charge in [0.25, 0.3) is 0 Å². The van der Waals surface area contributed by atoms with Crippen molar-refractivity contribution in [1.29, 1.82) is 0 Å². The molecule has 0 spiro atoms. The smallest absolute Gasteiger partial charge is 0.317 e. The lowest BCUT2D eigenvalue weighted by Crippen LogP contribution is -1.92. The molecule has 5 heteroatoms. The molecule has 0 fully saturated rings. The van der Waals surface area contributed by atoms with E-state index >= 15 is 0 Å². The molecule has 0 bridgehead atoms. The second-order valence-corrected chi connectivity index (χ2v) is 3.35. The van der Waals surface area contributed by atoms with Crippen LogP contribution in [0, 0.1) is 0 Å². The number of hydrogen-bond donors (Lipinski definition) is 1. The molecule has 0 radical (unpaired) electrons. The van der Waals surface area contributed by atoms with E-state index in [4.69, 9.17) is 0 Å². The van der Waals surface area contributed by atoms with Gasteiger partial charge in [-0.1, -0.05) is 30.3 Å². The summed E-state index contributed by atoms with van der Waals surface area (Å²) >= 11 is 0. The van der Waals surface area contributed by atoms with Crippen molar-refractivity contribution in [3.63, 3.8) is 0 Å². The molecule has 78 valence electrons. The second kappa shape index (κ2) is 3.30. The van der Waals surface area contributed by atoms with Gasteiger partial charge in [0.15, 0.2) is 5.65 Å². The number of aromatic hydroxyl groups is 1. The number of fused-ring (bicyclic) bond motifs is 1. The minimum atomic E-state index is -0.245. The van der Waals surface area contributed by atoms with Gasteiger partial charge in [0.05, 0.1) is 6.20 Å². The highest BCUT2D eigenvalue weighted by molar-refractivity contribution is 5.76. The Bertz CT molecular complexity index is 633. The molecule has 16 heavy (non-hydrogen) atoms. The Morgan fingerprint density at radius 3 is 2.75 bits per heavy atom. The largest absolute Gasteiger partial charge is 0.479 e. The summed E-state index contributed by atoms with van der Waals surface area (Å²) in [4.78, 5) is 7.62. The molecule has 2 aromatic heterocycles. The Hall–Kier alpha value is -2.43. The zero-order chi connectivity index (χ0) is 11.0. The average molecular weight is 212 g/mol. The summed E-state index contributed by atoms with van der Waals surface area (Å²) in [5.74, 6) is 0. The normalized spacial score (nSPS) is 10.8. The van der Waals surface area contributed by atoms with E-state index in [1.165, 1.54) is 10.8 Å². The van der Waals surface area contributed by atoms with E-state index in [2.05, 4.69) is 15.1 Å². The van der Waals surface area contributed by atoms with Crippen LogP contribution >= 0.6 is 0 Å². The summed E-state index contributed by atoms with van der Waals surface area (Å²) < 4.78 is 1.53. The van der Waals surface area contributed by atoms with Crippen LogP contribution in [0.15, 0.2) is 42.9 Å². The third-order valence-electron chi connectivity index (χ3n) is 2.34. The molecule has 0 saturated heterocycles. The van der Waals surface area contributed by atoms with Crippen LogP contribution < -0.4 is 0 Å². The molecule has 2 heterocycles. The van der Waals surface area contributed by atoms with Crippen molar-refractivity contribution in [1.82, 2.24) is 19.6 Å². The molecule has 0 aliphatic carbocycles. The molecule has 0 amide bonds. The van der Waals surface area contributed by atoms with Crippen molar-refractivity contribution in [3.05, 3.63) is 42.9 Å². The van der Waals surface area contributed by atoms with Gasteiger partial charge in [0.1, 0.15) is 6.33 Å². The summed E-state index contributed by atoms with van der Waals surface area (Å²) in [5, 5.41) is 13.4. The van der Waals surface area contributed by atoms with Crippen molar-refractivity contribution >= 4 is 5.65 Å². The molecule has 0 aliphatic heterocycles. The monoisotopic (exact) mass is 212 g/mol. The highest BCUT2D eigenvalue weighted by Crippen LogP contribution is 2.22. The molecule has 0 atom stereocenters. The number of benzene rings is 1. The van der Waals surface area contributed by atoms with Gasteiger partial charge in [-0.2, -0.15) is 15.1 Å². The summed E-state index contributed by atoms with van der Waals surface area (Å²) in [6.07, 6.45) is 3.14. The zero-order valence-corrected chi connectivity index (χ0v) is 8.28. The van der Waals surface area contributed by atoms with Crippen LogP contribution in [0.3, 0.4) is 0 Å². The van der Waals surface area contributed by atoms with Crippen molar-refractivity contribution in [2.24, 2.45) is 0 Å². The van der Waals surface area contributed by atoms with Gasteiger partial charge >= 0.3 is 6.01 Å². The van der Waals surface area contributed by atoms with Crippen molar-refractivity contribution in [2.75, 3.05) is 0 Å². The lowest BCUT2D eigenvalue weighted by molar-refractivity contribution is 0.429. The highest BCUT2D eigenvalue weighted by atomic mass is 16.3. The molecule has 5 nitrogen and oxygen atoms in total. The van der Waals surface area contributed by atoms with E-state index in [9.17, 15) is 5.11 Å². The second-order valence-electron chi connectivity index (χ2n) is 3.35. The van der Waals surface area contributed by atoms with Gasteiger partial charge in [-0.3, -0.25) is 0 Å². The first-order chi connectivity index (χ1) is 7.84. The summed E-state index contributed by atoms with van der Waals surface area (Å²) in [7, 11) is 0. The Morgan fingerprint density at radius 1 is 1.12 bits per heavy atom. The van der Waals surface area contributed by atoms with E-state index in [1.807, 2.05) is 30.3 Å². The van der Waals surface area contributed by atoms with E-state index < -0.39 is 0 Å². The van der Waals surface area contributed by atoms with Gasteiger partial charge in [-0.15, -0.1) is 0 Å². The topological polar surface area (TPSA) is 63.3 Å². The first kappa shape index (κ1) is 8.84. The molecule has 0 unspecified atom stereocenters. The number of hydrogen-bond acceptors (Lipinski definition) is 4. The lowest BCUT2D eigenvalue weighted by atomic mass is 10.1. The van der Waals surface area contributed by atoms with Gasteiger partial charge in [0.2, 0.25) is 0 Å². The average Bonchev–Trinajstić information content (AvgIpc) is 2.73. The summed E-state index contributed by atoms with van der Waals surface area (Å²) in [6.45, 7) is 0. The molecular weight excluding hydrogens is 204 g/mol. The van der Waals surface area contributed by atoms with E-state index in [0.717, 1.165) is 11.1 Å². The predicted molar refractivity (Wildman–Crippen MR) is 57.9 cm³/mol. The maximum absolute atomic E-state index is 9.26. The lowest BCUT2D eigenvalue weighted by Gasteiger charge is -1.97. The summed E-state index contributed by atoms with van der Waals surface area (Å²) in [6, 6.07) is 9.53. The van der Waals surface area contributed by atoms with E-state index in [1.54, 1.807) is 6.20 Å². The Morgan fingerprint density at radius 2 is 1.94 bits per heavy atom. The fourth-order valence-corrected chi connectivity index (χ4v) is 1.60. The van der Waals surface area contributed by atoms with Crippen LogP contribution in [0.4, 0.5) is 0 Å². The van der Waals surface area contributed by atoms with Crippen LogP contribution in [0.2, 0.25) is 0 Å². The third kappa shape index (κ3) is 1.30. The molecule has 3 aromatic rings. The Balaban J connectivity index is 2.29. The quantitative estimate of drug-likeness (QED) is 0.663. The van der Waals surface area contributed by atoms with E-state index in [-0.39, 0.29) is 6.01 Å². The van der Waals surface area contributed by atoms with Crippen LogP contribution in [0.25, 0.3) is 16.8 Å². The number of rotatable bonds is 1. The van der Waals surface area contributed by atoms with Crippen LogP contribution in [0.5, 0.6) is 6.01 Å². The predicted octanol–water partition coefficient (Wildman–Crippen LogP) is 1.50. The van der Waals surface area contributed by atoms with Crippen LogP contribution in [-0.2, 0) is 0 Å². The zero-order valence-electron chi connectivity index (χ0n) is 8.28. The molecule has 0 aliphatic rings. The Labute approximate surface area is 91.0 Å². The molecule has 1 N–H and O–H groups in total. The Kier molecular flexibility index (Phi) is 1.83. The third-order valence-corrected chi connectivity index (χ3v) is 2.34.